The van der Waals surface area contributed by atoms with Gasteiger partial charge in [-0.05, 0) is 25.2 Å². The molecule has 0 saturated carbocycles. The van der Waals surface area contributed by atoms with E-state index in [1.807, 2.05) is 6.92 Å². The van der Waals surface area contributed by atoms with Crippen LogP contribution in [0.5, 0.6) is 0 Å². The summed E-state index contributed by atoms with van der Waals surface area (Å²) in [5.41, 5.74) is 4.34. The van der Waals surface area contributed by atoms with Crippen LogP contribution in [0, 0.1) is 5.92 Å². The standard InChI is InChI=1S/C11H24FN/c1-4-7-11(12,9-13)8-5-6-10(2)3/h10H,4-9,13H2,1-3H3. The van der Waals surface area contributed by atoms with Gasteiger partial charge in [-0.1, -0.05) is 33.6 Å². The highest BCUT2D eigenvalue weighted by Gasteiger charge is 2.25. The van der Waals surface area contributed by atoms with E-state index in [-0.39, 0.29) is 6.54 Å². The number of alkyl halides is 1. The van der Waals surface area contributed by atoms with Gasteiger partial charge in [0.1, 0.15) is 5.67 Å². The molecule has 0 aromatic rings. The topological polar surface area (TPSA) is 26.0 Å². The molecule has 0 spiro atoms. The van der Waals surface area contributed by atoms with Crippen molar-refractivity contribution in [3.05, 3.63) is 0 Å². The molecular weight excluding hydrogens is 165 g/mol. The fraction of sp³-hybridized carbons (Fsp3) is 1.00. The van der Waals surface area contributed by atoms with Gasteiger partial charge in [-0.3, -0.25) is 0 Å². The molecule has 0 bridgehead atoms. The lowest BCUT2D eigenvalue weighted by atomic mass is 9.92. The van der Waals surface area contributed by atoms with Crippen LogP contribution in [-0.2, 0) is 0 Å². The molecule has 1 atom stereocenters. The number of halogens is 1. The largest absolute Gasteiger partial charge is 0.328 e. The van der Waals surface area contributed by atoms with E-state index in [1.54, 1.807) is 0 Å². The molecule has 0 aliphatic rings. The first-order valence-corrected chi connectivity index (χ1v) is 5.43. The first-order valence-electron chi connectivity index (χ1n) is 5.43. The normalized spacial score (nSPS) is 16.2. The van der Waals surface area contributed by atoms with Crippen molar-refractivity contribution < 1.29 is 4.39 Å². The number of rotatable bonds is 7. The fourth-order valence-corrected chi connectivity index (χ4v) is 1.60. The Kier molecular flexibility index (Phi) is 6.31. The predicted octanol–water partition coefficient (Wildman–Crippen LogP) is 3.28. The van der Waals surface area contributed by atoms with Gasteiger partial charge in [0.15, 0.2) is 0 Å². The summed E-state index contributed by atoms with van der Waals surface area (Å²) >= 11 is 0. The molecule has 0 amide bonds. The molecule has 2 heteroatoms. The zero-order chi connectivity index (χ0) is 10.3. The molecule has 0 saturated heterocycles. The van der Waals surface area contributed by atoms with Gasteiger partial charge in [0, 0.05) is 6.54 Å². The van der Waals surface area contributed by atoms with Crippen molar-refractivity contribution in [2.75, 3.05) is 6.54 Å². The summed E-state index contributed by atoms with van der Waals surface area (Å²) in [7, 11) is 0. The van der Waals surface area contributed by atoms with E-state index < -0.39 is 5.67 Å². The van der Waals surface area contributed by atoms with Crippen molar-refractivity contribution in [1.29, 1.82) is 0 Å². The first kappa shape index (κ1) is 12.9. The summed E-state index contributed by atoms with van der Waals surface area (Å²) in [5, 5.41) is 0. The molecule has 0 aliphatic carbocycles. The van der Waals surface area contributed by atoms with E-state index in [1.165, 1.54) is 0 Å². The van der Waals surface area contributed by atoms with E-state index in [0.717, 1.165) is 19.3 Å². The zero-order valence-electron chi connectivity index (χ0n) is 9.28. The van der Waals surface area contributed by atoms with Crippen LogP contribution in [0.15, 0.2) is 0 Å². The summed E-state index contributed by atoms with van der Waals surface area (Å²) in [6.07, 6.45) is 4.20. The molecular formula is C11H24FN. The predicted molar refractivity (Wildman–Crippen MR) is 56.5 cm³/mol. The number of nitrogens with two attached hydrogens (primary N) is 1. The van der Waals surface area contributed by atoms with Crippen molar-refractivity contribution in [3.8, 4) is 0 Å². The monoisotopic (exact) mass is 189 g/mol. The second kappa shape index (κ2) is 6.36. The average molecular weight is 189 g/mol. The minimum Gasteiger partial charge on any atom is -0.328 e. The van der Waals surface area contributed by atoms with Gasteiger partial charge < -0.3 is 5.73 Å². The molecule has 0 aromatic carbocycles. The van der Waals surface area contributed by atoms with Gasteiger partial charge in [-0.2, -0.15) is 0 Å². The van der Waals surface area contributed by atoms with Gasteiger partial charge >= 0.3 is 0 Å². The third-order valence-corrected chi connectivity index (χ3v) is 2.47. The van der Waals surface area contributed by atoms with Crippen LogP contribution in [0.2, 0.25) is 0 Å². The molecule has 0 aromatic heterocycles. The highest BCUT2D eigenvalue weighted by Crippen LogP contribution is 2.24. The summed E-state index contributed by atoms with van der Waals surface area (Å²) in [6.45, 7) is 6.52. The lowest BCUT2D eigenvalue weighted by Gasteiger charge is -2.23. The van der Waals surface area contributed by atoms with Crippen LogP contribution < -0.4 is 5.73 Å². The Hall–Kier alpha value is -0.110. The van der Waals surface area contributed by atoms with E-state index in [2.05, 4.69) is 13.8 Å². The molecule has 0 rings (SSSR count). The molecule has 1 unspecified atom stereocenters. The van der Waals surface area contributed by atoms with Crippen LogP contribution >= 0.6 is 0 Å². The SMILES string of the molecule is CCCC(F)(CN)CCCC(C)C. The molecule has 2 N–H and O–H groups in total. The van der Waals surface area contributed by atoms with E-state index in [0.29, 0.717) is 18.8 Å². The van der Waals surface area contributed by atoms with Gasteiger partial charge in [0.2, 0.25) is 0 Å². The Morgan fingerprint density at radius 3 is 2.31 bits per heavy atom. The third-order valence-electron chi connectivity index (χ3n) is 2.47. The maximum Gasteiger partial charge on any atom is 0.123 e. The minimum atomic E-state index is -1.09. The summed E-state index contributed by atoms with van der Waals surface area (Å²) in [6, 6.07) is 0. The lowest BCUT2D eigenvalue weighted by molar-refractivity contribution is 0.139. The number of hydrogen-bond acceptors (Lipinski definition) is 1. The highest BCUT2D eigenvalue weighted by molar-refractivity contribution is 4.79. The molecule has 0 heterocycles. The van der Waals surface area contributed by atoms with E-state index in [9.17, 15) is 4.39 Å². The summed E-state index contributed by atoms with van der Waals surface area (Å²) < 4.78 is 13.8. The Balaban J connectivity index is 3.69. The van der Waals surface area contributed by atoms with E-state index in [4.69, 9.17) is 5.73 Å². The summed E-state index contributed by atoms with van der Waals surface area (Å²) in [4.78, 5) is 0. The minimum absolute atomic E-state index is 0.179. The Morgan fingerprint density at radius 2 is 1.92 bits per heavy atom. The Labute approximate surface area is 81.9 Å². The van der Waals surface area contributed by atoms with Crippen molar-refractivity contribution >= 4 is 0 Å². The van der Waals surface area contributed by atoms with Crippen LogP contribution in [0.1, 0.15) is 52.9 Å². The first-order chi connectivity index (χ1) is 6.04. The molecule has 0 radical (unpaired) electrons. The molecule has 13 heavy (non-hydrogen) atoms. The maximum absolute atomic E-state index is 13.8. The molecule has 0 aliphatic heterocycles. The van der Waals surface area contributed by atoms with Crippen molar-refractivity contribution in [1.82, 2.24) is 0 Å². The van der Waals surface area contributed by atoms with Crippen LogP contribution in [0.4, 0.5) is 4.39 Å². The Morgan fingerprint density at radius 1 is 1.31 bits per heavy atom. The third kappa shape index (κ3) is 6.03. The summed E-state index contributed by atoms with van der Waals surface area (Å²) in [5.74, 6) is 0.670. The van der Waals surface area contributed by atoms with Gasteiger partial charge in [0.05, 0.1) is 0 Å². The average Bonchev–Trinajstić information content (AvgIpc) is 2.04. The second-order valence-corrected chi connectivity index (χ2v) is 4.39. The quantitative estimate of drug-likeness (QED) is 0.653. The number of hydrogen-bond donors (Lipinski definition) is 1. The second-order valence-electron chi connectivity index (χ2n) is 4.39. The maximum atomic E-state index is 13.8. The molecule has 80 valence electrons. The highest BCUT2D eigenvalue weighted by atomic mass is 19.1. The van der Waals surface area contributed by atoms with Crippen molar-refractivity contribution in [2.24, 2.45) is 11.7 Å². The van der Waals surface area contributed by atoms with Crippen molar-refractivity contribution in [2.45, 2.75) is 58.5 Å². The fourth-order valence-electron chi connectivity index (χ4n) is 1.60. The Bertz CT molecular complexity index is 125. The van der Waals surface area contributed by atoms with Crippen LogP contribution in [0.25, 0.3) is 0 Å². The van der Waals surface area contributed by atoms with Crippen LogP contribution in [0.3, 0.4) is 0 Å². The van der Waals surface area contributed by atoms with Gasteiger partial charge in [-0.25, -0.2) is 4.39 Å². The van der Waals surface area contributed by atoms with Gasteiger partial charge in [0.25, 0.3) is 0 Å². The van der Waals surface area contributed by atoms with Crippen LogP contribution in [-0.4, -0.2) is 12.2 Å². The van der Waals surface area contributed by atoms with Gasteiger partial charge in [-0.15, -0.1) is 0 Å². The lowest BCUT2D eigenvalue weighted by Crippen LogP contribution is -2.32. The van der Waals surface area contributed by atoms with E-state index >= 15 is 0 Å². The smallest absolute Gasteiger partial charge is 0.123 e. The zero-order valence-corrected chi connectivity index (χ0v) is 9.28. The van der Waals surface area contributed by atoms with Crippen molar-refractivity contribution in [3.63, 3.8) is 0 Å². The molecule has 0 fully saturated rings. The molecule has 1 nitrogen and oxygen atoms in total.